The van der Waals surface area contributed by atoms with Gasteiger partial charge in [-0.1, -0.05) is 6.92 Å². The second kappa shape index (κ2) is 7.21. The van der Waals surface area contributed by atoms with Gasteiger partial charge in [0.1, 0.15) is 18.0 Å². The molecule has 0 radical (unpaired) electrons. The largest absolute Gasteiger partial charge is 0.356 e. The Morgan fingerprint density at radius 1 is 1.44 bits per heavy atom. The van der Waals surface area contributed by atoms with E-state index < -0.39 is 0 Å². The Kier molecular flexibility index (Phi) is 5.01. The fraction of sp³-hybridized carbons (Fsp3) is 0.556. The molecule has 2 heterocycles. The zero-order chi connectivity index (χ0) is 18.0. The topological polar surface area (TPSA) is 90.8 Å². The number of carbonyl (C=O) groups excluding carboxylic acids is 2. The van der Waals surface area contributed by atoms with Crippen LogP contribution in [0.3, 0.4) is 0 Å². The molecule has 2 aromatic rings. The van der Waals surface area contributed by atoms with Crippen LogP contribution in [0.4, 0.5) is 0 Å². The highest BCUT2D eigenvalue weighted by Crippen LogP contribution is 2.38. The second-order valence-corrected chi connectivity index (χ2v) is 6.88. The molecule has 0 aromatic carbocycles. The third kappa shape index (κ3) is 3.97. The van der Waals surface area contributed by atoms with Crippen LogP contribution < -0.4 is 15.2 Å². The molecule has 0 bridgehead atoms. The van der Waals surface area contributed by atoms with Crippen LogP contribution in [0.25, 0.3) is 11.2 Å². The van der Waals surface area contributed by atoms with Crippen molar-refractivity contribution in [2.75, 3.05) is 6.54 Å². The zero-order valence-corrected chi connectivity index (χ0v) is 15.1. The lowest BCUT2D eigenvalue weighted by molar-refractivity contribution is -0.647. The highest BCUT2D eigenvalue weighted by Gasteiger charge is 2.29. The smallest absolute Gasteiger partial charge is 0.306 e. The average molecular weight is 344 g/mol. The van der Waals surface area contributed by atoms with Gasteiger partial charge in [-0.25, -0.2) is 14.5 Å². The number of nitrogens with one attached hydrogen (secondary N) is 3. The molecule has 1 saturated carbocycles. The zero-order valence-electron chi connectivity index (χ0n) is 15.1. The van der Waals surface area contributed by atoms with E-state index in [1.807, 2.05) is 31.7 Å². The standard InChI is InChI=1S/C18H25N5O2/c1-4-7-19-15(24)8-11(2)21-18(25)13-9-20-17-16(13)22-14(10-23(17)3)12-5-6-12/h9-12H,4-8H2,1-3H3,(H2,19,21,24,25)/p+1. The van der Waals surface area contributed by atoms with Crippen molar-refractivity contribution in [3.05, 3.63) is 23.7 Å². The molecule has 0 spiro atoms. The molecule has 3 rings (SSSR count). The van der Waals surface area contributed by atoms with Crippen LogP contribution in [0.15, 0.2) is 12.4 Å². The van der Waals surface area contributed by atoms with E-state index in [2.05, 4.69) is 15.6 Å². The summed E-state index contributed by atoms with van der Waals surface area (Å²) in [4.78, 5) is 32.2. The molecule has 2 amide bonds. The molecule has 1 fully saturated rings. The molecule has 7 nitrogen and oxygen atoms in total. The van der Waals surface area contributed by atoms with E-state index in [1.54, 1.807) is 6.20 Å². The predicted molar refractivity (Wildman–Crippen MR) is 94.1 cm³/mol. The summed E-state index contributed by atoms with van der Waals surface area (Å²) >= 11 is 0. The highest BCUT2D eigenvalue weighted by atomic mass is 16.2. The number of nitrogens with zero attached hydrogens (tertiary/aromatic N) is 2. The number of H-pyrrole nitrogens is 1. The first-order chi connectivity index (χ1) is 12.0. The van der Waals surface area contributed by atoms with Crippen molar-refractivity contribution >= 4 is 23.0 Å². The lowest BCUT2D eigenvalue weighted by Gasteiger charge is -2.13. The molecule has 1 unspecified atom stereocenters. The lowest BCUT2D eigenvalue weighted by Crippen LogP contribution is -2.37. The maximum Gasteiger partial charge on any atom is 0.306 e. The lowest BCUT2D eigenvalue weighted by atomic mass is 10.2. The Morgan fingerprint density at radius 2 is 2.20 bits per heavy atom. The molecule has 3 N–H and O–H groups in total. The Labute approximate surface area is 147 Å². The highest BCUT2D eigenvalue weighted by molar-refractivity contribution is 6.04. The fourth-order valence-corrected chi connectivity index (χ4v) is 2.92. The van der Waals surface area contributed by atoms with Crippen LogP contribution in [-0.2, 0) is 11.8 Å². The van der Waals surface area contributed by atoms with Gasteiger partial charge in [0.15, 0.2) is 5.52 Å². The van der Waals surface area contributed by atoms with Crippen LogP contribution in [0.5, 0.6) is 0 Å². The molecular formula is C18H26N5O2+. The van der Waals surface area contributed by atoms with Crippen LogP contribution in [0.1, 0.15) is 61.5 Å². The minimum Gasteiger partial charge on any atom is -0.356 e. The molecule has 7 heteroatoms. The molecule has 1 aliphatic rings. The summed E-state index contributed by atoms with van der Waals surface area (Å²) in [5.74, 6) is 0.263. The fourth-order valence-electron chi connectivity index (χ4n) is 2.92. The first-order valence-corrected chi connectivity index (χ1v) is 8.94. The number of hydrogen-bond donors (Lipinski definition) is 3. The van der Waals surface area contributed by atoms with Crippen molar-refractivity contribution in [2.45, 2.75) is 51.5 Å². The first kappa shape index (κ1) is 17.4. The average Bonchev–Trinajstić information content (AvgIpc) is 3.32. The summed E-state index contributed by atoms with van der Waals surface area (Å²) in [6.07, 6.45) is 7.20. The summed E-state index contributed by atoms with van der Waals surface area (Å²) < 4.78 is 1.98. The van der Waals surface area contributed by atoms with Crippen molar-refractivity contribution in [3.8, 4) is 0 Å². The number of amides is 2. The van der Waals surface area contributed by atoms with Gasteiger partial charge in [-0.2, -0.15) is 0 Å². The van der Waals surface area contributed by atoms with E-state index in [0.29, 0.717) is 23.5 Å². The van der Waals surface area contributed by atoms with Gasteiger partial charge in [0.25, 0.3) is 5.91 Å². The first-order valence-electron chi connectivity index (χ1n) is 8.94. The van der Waals surface area contributed by atoms with E-state index >= 15 is 0 Å². The summed E-state index contributed by atoms with van der Waals surface area (Å²) in [7, 11) is 1.95. The van der Waals surface area contributed by atoms with E-state index in [4.69, 9.17) is 4.98 Å². The minimum absolute atomic E-state index is 0.0471. The van der Waals surface area contributed by atoms with Crippen molar-refractivity contribution in [1.29, 1.82) is 0 Å². The van der Waals surface area contributed by atoms with Crippen molar-refractivity contribution < 1.29 is 14.2 Å². The summed E-state index contributed by atoms with van der Waals surface area (Å²) in [5.41, 5.74) is 3.07. The van der Waals surface area contributed by atoms with Gasteiger partial charge < -0.3 is 10.6 Å². The molecule has 0 saturated heterocycles. The van der Waals surface area contributed by atoms with Gasteiger partial charge in [0, 0.05) is 24.9 Å². The minimum atomic E-state index is -0.241. The molecular weight excluding hydrogens is 318 g/mol. The van der Waals surface area contributed by atoms with E-state index in [0.717, 1.165) is 30.6 Å². The summed E-state index contributed by atoms with van der Waals surface area (Å²) in [5, 5.41) is 5.72. The maximum atomic E-state index is 12.6. The van der Waals surface area contributed by atoms with Crippen LogP contribution in [0.2, 0.25) is 0 Å². The Morgan fingerprint density at radius 3 is 2.88 bits per heavy atom. The van der Waals surface area contributed by atoms with E-state index in [1.165, 1.54) is 0 Å². The van der Waals surface area contributed by atoms with Crippen molar-refractivity contribution in [2.24, 2.45) is 7.05 Å². The third-order valence-corrected chi connectivity index (χ3v) is 4.43. The van der Waals surface area contributed by atoms with E-state index in [-0.39, 0.29) is 24.3 Å². The third-order valence-electron chi connectivity index (χ3n) is 4.43. The molecule has 25 heavy (non-hydrogen) atoms. The number of aromatic amines is 1. The Hall–Kier alpha value is -2.44. The molecule has 1 aliphatic carbocycles. The molecule has 1 atom stereocenters. The predicted octanol–water partition coefficient (Wildman–Crippen LogP) is 1.30. The number of carbonyl (C=O) groups is 2. The molecule has 134 valence electrons. The van der Waals surface area contributed by atoms with Gasteiger partial charge in [-0.05, 0) is 26.2 Å². The number of fused-ring (bicyclic) bond motifs is 1. The van der Waals surface area contributed by atoms with Crippen molar-refractivity contribution in [1.82, 2.24) is 20.6 Å². The number of aromatic nitrogens is 3. The monoisotopic (exact) mass is 344 g/mol. The normalized spacial score (nSPS) is 15.2. The van der Waals surface area contributed by atoms with Gasteiger partial charge in [0.05, 0.1) is 12.7 Å². The van der Waals surface area contributed by atoms with Gasteiger partial charge in [-0.3, -0.25) is 9.59 Å². The second-order valence-electron chi connectivity index (χ2n) is 6.88. The maximum absolute atomic E-state index is 12.6. The van der Waals surface area contributed by atoms with Gasteiger partial charge in [0.2, 0.25) is 5.91 Å². The van der Waals surface area contributed by atoms with Crippen molar-refractivity contribution in [3.63, 3.8) is 0 Å². The van der Waals surface area contributed by atoms with Gasteiger partial charge >= 0.3 is 5.65 Å². The van der Waals surface area contributed by atoms with Crippen LogP contribution in [-0.4, -0.2) is 34.4 Å². The summed E-state index contributed by atoms with van der Waals surface area (Å²) in [6.45, 7) is 4.50. The van der Waals surface area contributed by atoms with E-state index in [9.17, 15) is 9.59 Å². The molecule has 0 aliphatic heterocycles. The van der Waals surface area contributed by atoms with Gasteiger partial charge in [-0.15, -0.1) is 0 Å². The number of rotatable bonds is 7. The Bertz CT molecular complexity index is 794. The molecule has 2 aromatic heterocycles. The SMILES string of the molecule is CCCNC(=O)CC(C)NC(=O)c1c[nH]c2c1nc(C1CC1)c[n+]2C. The Balaban J connectivity index is 1.72. The quantitative estimate of drug-likeness (QED) is 0.661. The van der Waals surface area contributed by atoms with Crippen LogP contribution >= 0.6 is 0 Å². The number of hydrogen-bond acceptors (Lipinski definition) is 3. The number of aryl methyl sites for hydroxylation is 1. The summed E-state index contributed by atoms with van der Waals surface area (Å²) in [6, 6.07) is -0.241. The van der Waals surface area contributed by atoms with Crippen LogP contribution in [0, 0.1) is 0 Å².